The van der Waals surface area contributed by atoms with Crippen LogP contribution in [0.25, 0.3) is 0 Å². The van der Waals surface area contributed by atoms with Gasteiger partial charge in [0.15, 0.2) is 0 Å². The van der Waals surface area contributed by atoms with Gasteiger partial charge in [0.1, 0.15) is 0 Å². The van der Waals surface area contributed by atoms with E-state index in [1.807, 2.05) is 4.90 Å². The van der Waals surface area contributed by atoms with Crippen molar-refractivity contribution in [3.8, 4) is 0 Å². The van der Waals surface area contributed by atoms with Gasteiger partial charge in [-0.2, -0.15) is 0 Å². The first-order chi connectivity index (χ1) is 5.90. The molecule has 3 nitrogen and oxygen atoms in total. The molecule has 2 heterocycles. The predicted octanol–water partition coefficient (Wildman–Crippen LogP) is 0.313. The SMILES string of the molecule is O=CN1CC[C@@H](N2CCCC2)C1. The summed E-state index contributed by atoms with van der Waals surface area (Å²) in [5.74, 6) is 0. The van der Waals surface area contributed by atoms with E-state index in [-0.39, 0.29) is 0 Å². The van der Waals surface area contributed by atoms with Gasteiger partial charge in [-0.1, -0.05) is 0 Å². The van der Waals surface area contributed by atoms with Crippen molar-refractivity contribution in [2.24, 2.45) is 0 Å². The molecule has 0 aliphatic carbocycles. The number of amides is 1. The summed E-state index contributed by atoms with van der Waals surface area (Å²) in [5, 5.41) is 0. The minimum absolute atomic E-state index is 0.665. The van der Waals surface area contributed by atoms with Gasteiger partial charge in [-0.25, -0.2) is 0 Å². The number of likely N-dealkylation sites (tertiary alicyclic amines) is 2. The van der Waals surface area contributed by atoms with Crippen molar-refractivity contribution >= 4 is 6.41 Å². The molecule has 2 fully saturated rings. The van der Waals surface area contributed by atoms with Crippen LogP contribution in [0.1, 0.15) is 19.3 Å². The Morgan fingerprint density at radius 3 is 2.50 bits per heavy atom. The summed E-state index contributed by atoms with van der Waals surface area (Å²) in [6, 6.07) is 0.665. The highest BCUT2D eigenvalue weighted by atomic mass is 16.1. The van der Waals surface area contributed by atoms with Gasteiger partial charge in [0, 0.05) is 19.1 Å². The molecular formula is C9H16N2O. The fraction of sp³-hybridized carbons (Fsp3) is 0.889. The Bertz CT molecular complexity index is 166. The second-order valence-corrected chi connectivity index (χ2v) is 3.79. The van der Waals surface area contributed by atoms with Gasteiger partial charge in [-0.05, 0) is 32.4 Å². The maximum Gasteiger partial charge on any atom is 0.209 e. The molecule has 0 N–H and O–H groups in total. The maximum absolute atomic E-state index is 10.5. The van der Waals surface area contributed by atoms with Gasteiger partial charge in [-0.15, -0.1) is 0 Å². The zero-order chi connectivity index (χ0) is 8.39. The van der Waals surface area contributed by atoms with Crippen LogP contribution in [-0.4, -0.2) is 48.4 Å². The lowest BCUT2D eigenvalue weighted by Crippen LogP contribution is -2.34. The van der Waals surface area contributed by atoms with Crippen molar-refractivity contribution in [1.29, 1.82) is 0 Å². The lowest BCUT2D eigenvalue weighted by atomic mass is 10.2. The Balaban J connectivity index is 1.85. The van der Waals surface area contributed by atoms with Gasteiger partial charge >= 0.3 is 0 Å². The summed E-state index contributed by atoms with van der Waals surface area (Å²) in [4.78, 5) is 14.9. The molecule has 68 valence electrons. The third-order valence-electron chi connectivity index (χ3n) is 3.00. The van der Waals surface area contributed by atoms with E-state index >= 15 is 0 Å². The number of hydrogen-bond acceptors (Lipinski definition) is 2. The van der Waals surface area contributed by atoms with Gasteiger partial charge in [0.05, 0.1) is 0 Å². The lowest BCUT2D eigenvalue weighted by Gasteiger charge is -2.22. The van der Waals surface area contributed by atoms with Crippen LogP contribution >= 0.6 is 0 Å². The molecule has 3 heteroatoms. The van der Waals surface area contributed by atoms with E-state index in [0.29, 0.717) is 6.04 Å². The molecule has 2 aliphatic heterocycles. The highest BCUT2D eigenvalue weighted by molar-refractivity contribution is 5.47. The van der Waals surface area contributed by atoms with Crippen LogP contribution in [0.2, 0.25) is 0 Å². The Hall–Kier alpha value is -0.570. The average Bonchev–Trinajstić information content (AvgIpc) is 2.75. The summed E-state index contributed by atoms with van der Waals surface area (Å²) in [7, 11) is 0. The molecule has 0 aromatic rings. The topological polar surface area (TPSA) is 23.6 Å². The van der Waals surface area contributed by atoms with E-state index in [1.54, 1.807) is 0 Å². The third-order valence-corrected chi connectivity index (χ3v) is 3.00. The van der Waals surface area contributed by atoms with E-state index in [9.17, 15) is 4.79 Å². The minimum Gasteiger partial charge on any atom is -0.344 e. The molecule has 0 radical (unpaired) electrons. The molecule has 0 aromatic carbocycles. The number of nitrogens with zero attached hydrogens (tertiary/aromatic N) is 2. The first kappa shape index (κ1) is 8.05. The third kappa shape index (κ3) is 1.46. The maximum atomic E-state index is 10.5. The zero-order valence-electron chi connectivity index (χ0n) is 7.41. The number of carbonyl (C=O) groups excluding carboxylic acids is 1. The Labute approximate surface area is 73.3 Å². The quantitative estimate of drug-likeness (QED) is 0.554. The van der Waals surface area contributed by atoms with Crippen LogP contribution in [-0.2, 0) is 4.79 Å². The van der Waals surface area contributed by atoms with Crippen LogP contribution in [0.15, 0.2) is 0 Å². The number of hydrogen-bond donors (Lipinski definition) is 0. The van der Waals surface area contributed by atoms with Crippen molar-refractivity contribution in [2.45, 2.75) is 25.3 Å². The molecule has 0 saturated carbocycles. The van der Waals surface area contributed by atoms with E-state index in [1.165, 1.54) is 32.4 Å². The highest BCUT2D eigenvalue weighted by Gasteiger charge is 2.28. The summed E-state index contributed by atoms with van der Waals surface area (Å²) in [6.45, 7) is 4.42. The smallest absolute Gasteiger partial charge is 0.209 e. The highest BCUT2D eigenvalue weighted by Crippen LogP contribution is 2.19. The van der Waals surface area contributed by atoms with Crippen LogP contribution in [0.3, 0.4) is 0 Å². The molecule has 0 aromatic heterocycles. The van der Waals surface area contributed by atoms with Crippen molar-refractivity contribution in [3.05, 3.63) is 0 Å². The molecule has 2 saturated heterocycles. The summed E-state index contributed by atoms with van der Waals surface area (Å²) in [5.41, 5.74) is 0. The normalized spacial score (nSPS) is 31.3. The first-order valence-electron chi connectivity index (χ1n) is 4.83. The van der Waals surface area contributed by atoms with E-state index in [0.717, 1.165) is 19.5 Å². The van der Waals surface area contributed by atoms with E-state index in [2.05, 4.69) is 4.90 Å². The lowest BCUT2D eigenvalue weighted by molar-refractivity contribution is -0.117. The molecule has 0 bridgehead atoms. The molecule has 0 unspecified atom stereocenters. The molecule has 1 amide bonds. The van der Waals surface area contributed by atoms with Gasteiger partial charge in [0.2, 0.25) is 6.41 Å². The summed E-state index contributed by atoms with van der Waals surface area (Å²) in [6.07, 6.45) is 4.85. The monoisotopic (exact) mass is 168 g/mol. The largest absolute Gasteiger partial charge is 0.344 e. The van der Waals surface area contributed by atoms with Gasteiger partial charge < -0.3 is 4.90 Å². The summed E-state index contributed by atoms with van der Waals surface area (Å²) < 4.78 is 0. The first-order valence-corrected chi connectivity index (χ1v) is 4.83. The Morgan fingerprint density at radius 2 is 1.92 bits per heavy atom. The minimum atomic E-state index is 0.665. The van der Waals surface area contributed by atoms with Crippen LogP contribution in [0.5, 0.6) is 0 Å². The van der Waals surface area contributed by atoms with Crippen LogP contribution < -0.4 is 0 Å². The molecule has 0 spiro atoms. The fourth-order valence-electron chi connectivity index (χ4n) is 2.27. The standard InChI is InChI=1S/C9H16N2O/c12-8-10-6-3-9(7-10)11-4-1-2-5-11/h8-9H,1-7H2/t9-/m1/s1. The number of carbonyl (C=O) groups is 1. The molecule has 2 aliphatic rings. The zero-order valence-corrected chi connectivity index (χ0v) is 7.41. The Morgan fingerprint density at radius 1 is 1.17 bits per heavy atom. The molecule has 2 rings (SSSR count). The molecule has 1 atom stereocenters. The molecule has 12 heavy (non-hydrogen) atoms. The van der Waals surface area contributed by atoms with Crippen molar-refractivity contribution in [1.82, 2.24) is 9.80 Å². The van der Waals surface area contributed by atoms with Crippen LogP contribution in [0, 0.1) is 0 Å². The Kier molecular flexibility index (Phi) is 2.30. The van der Waals surface area contributed by atoms with Crippen molar-refractivity contribution in [2.75, 3.05) is 26.2 Å². The fourth-order valence-corrected chi connectivity index (χ4v) is 2.27. The van der Waals surface area contributed by atoms with E-state index in [4.69, 9.17) is 0 Å². The van der Waals surface area contributed by atoms with Gasteiger partial charge in [0.25, 0.3) is 0 Å². The van der Waals surface area contributed by atoms with Crippen molar-refractivity contribution in [3.63, 3.8) is 0 Å². The second kappa shape index (κ2) is 3.44. The summed E-state index contributed by atoms with van der Waals surface area (Å²) >= 11 is 0. The average molecular weight is 168 g/mol. The van der Waals surface area contributed by atoms with Gasteiger partial charge in [-0.3, -0.25) is 9.69 Å². The number of rotatable bonds is 2. The second-order valence-electron chi connectivity index (χ2n) is 3.79. The van der Waals surface area contributed by atoms with Crippen LogP contribution in [0.4, 0.5) is 0 Å². The van der Waals surface area contributed by atoms with Crippen molar-refractivity contribution < 1.29 is 4.79 Å². The van der Waals surface area contributed by atoms with E-state index < -0.39 is 0 Å². The molecular weight excluding hydrogens is 152 g/mol. The predicted molar refractivity (Wildman–Crippen MR) is 46.8 cm³/mol.